The van der Waals surface area contributed by atoms with E-state index in [1.165, 1.54) is 19.2 Å². The summed E-state index contributed by atoms with van der Waals surface area (Å²) in [7, 11) is 1.27. The van der Waals surface area contributed by atoms with Gasteiger partial charge in [0.25, 0.3) is 0 Å². The van der Waals surface area contributed by atoms with E-state index in [0.717, 1.165) is 12.1 Å². The molecule has 1 aliphatic rings. The number of ether oxygens (including phenoxy) is 2. The number of carbonyl (C=O) groups is 4. The lowest BCUT2D eigenvalue weighted by Crippen LogP contribution is -2.50. The smallest absolute Gasteiger partial charge is 0.489 e. The van der Waals surface area contributed by atoms with Gasteiger partial charge in [-0.1, -0.05) is 12.2 Å². The van der Waals surface area contributed by atoms with Crippen LogP contribution in [0.15, 0.2) is 36.4 Å². The maximum Gasteiger partial charge on any atom is 0.490 e. The van der Waals surface area contributed by atoms with Crippen molar-refractivity contribution in [2.75, 3.05) is 38.0 Å². The number of esters is 1. The van der Waals surface area contributed by atoms with E-state index in [1.807, 2.05) is 17.2 Å². The van der Waals surface area contributed by atoms with Crippen LogP contribution in [0.4, 0.5) is 39.5 Å². The SMILES string of the molecule is COC(=O)[C@H](CCSC)NC(=O)[C@@H]1C[C@H](Oc2ccc(C(F)(F)F)cc2)CN1C/C=C/[C@@H](N)CS.O=C(O)C(F)(F)F.O=C(O)C(F)(F)F. The summed E-state index contributed by atoms with van der Waals surface area (Å²) in [6.07, 6.45) is -8.77. The molecule has 1 heterocycles. The monoisotopic (exact) mass is 763 g/mol. The summed E-state index contributed by atoms with van der Waals surface area (Å²) in [6, 6.07) is 2.84. The largest absolute Gasteiger partial charge is 0.490 e. The lowest BCUT2D eigenvalue weighted by atomic mass is 10.1. The number of nitrogens with two attached hydrogens (primary N) is 1. The van der Waals surface area contributed by atoms with Crippen LogP contribution in [0.1, 0.15) is 18.4 Å². The molecule has 1 aromatic rings. The van der Waals surface area contributed by atoms with Gasteiger partial charge in [0.1, 0.15) is 17.9 Å². The Balaban J connectivity index is 0.00000137. The molecule has 0 aliphatic carbocycles. The average Bonchev–Trinajstić information content (AvgIpc) is 3.40. The van der Waals surface area contributed by atoms with Gasteiger partial charge in [-0.3, -0.25) is 9.69 Å². The number of methoxy groups -OCH3 is 1. The van der Waals surface area contributed by atoms with Gasteiger partial charge in [0.05, 0.1) is 18.7 Å². The molecule has 1 fully saturated rings. The number of nitrogens with one attached hydrogen (secondary N) is 1. The first-order valence-electron chi connectivity index (χ1n) is 13.6. The van der Waals surface area contributed by atoms with Gasteiger partial charge in [-0.25, -0.2) is 14.4 Å². The molecule has 49 heavy (non-hydrogen) atoms. The second kappa shape index (κ2) is 21.0. The second-order valence-corrected chi connectivity index (χ2v) is 11.1. The minimum absolute atomic E-state index is 0.234. The summed E-state index contributed by atoms with van der Waals surface area (Å²) < 4.78 is 113. The van der Waals surface area contributed by atoms with Crippen LogP contribution in [-0.2, 0) is 30.1 Å². The van der Waals surface area contributed by atoms with Crippen LogP contribution in [0.5, 0.6) is 5.75 Å². The Labute approximate surface area is 283 Å². The zero-order valence-corrected chi connectivity index (χ0v) is 27.4. The Morgan fingerprint density at radius 2 is 1.55 bits per heavy atom. The van der Waals surface area contributed by atoms with E-state index < -0.39 is 60.2 Å². The first-order chi connectivity index (χ1) is 22.5. The molecule has 0 radical (unpaired) electrons. The molecular weight excluding hydrogens is 729 g/mol. The highest BCUT2D eigenvalue weighted by molar-refractivity contribution is 7.98. The third kappa shape index (κ3) is 18.3. The molecule has 0 bridgehead atoms. The van der Waals surface area contributed by atoms with Crippen molar-refractivity contribution in [3.63, 3.8) is 0 Å². The number of aliphatic carboxylic acids is 2. The van der Waals surface area contributed by atoms with Gasteiger partial charge in [0.2, 0.25) is 5.91 Å². The number of thioether (sulfide) groups is 1. The van der Waals surface area contributed by atoms with Crippen molar-refractivity contribution in [1.29, 1.82) is 0 Å². The number of alkyl halides is 9. The third-order valence-corrected chi connectivity index (χ3v) is 7.05. The molecule has 2 rings (SSSR count). The van der Waals surface area contributed by atoms with Gasteiger partial charge in [-0.2, -0.15) is 63.9 Å². The molecule has 1 saturated heterocycles. The maximum absolute atomic E-state index is 13.1. The number of hydrogen-bond acceptors (Lipinski definition) is 10. The van der Waals surface area contributed by atoms with E-state index >= 15 is 0 Å². The minimum Gasteiger partial charge on any atom is -0.489 e. The highest BCUT2D eigenvalue weighted by atomic mass is 32.2. The van der Waals surface area contributed by atoms with Crippen LogP contribution in [0.3, 0.4) is 0 Å². The van der Waals surface area contributed by atoms with Gasteiger partial charge in [0, 0.05) is 31.3 Å². The fraction of sp³-hybridized carbons (Fsp3) is 0.556. The molecule has 22 heteroatoms. The number of amides is 1. The molecule has 280 valence electrons. The van der Waals surface area contributed by atoms with Gasteiger partial charge in [0.15, 0.2) is 0 Å². The van der Waals surface area contributed by atoms with Crippen LogP contribution < -0.4 is 15.8 Å². The molecule has 5 N–H and O–H groups in total. The Bertz CT molecular complexity index is 1210. The van der Waals surface area contributed by atoms with Crippen molar-refractivity contribution in [3.05, 3.63) is 42.0 Å². The number of carboxylic acids is 2. The zero-order valence-electron chi connectivity index (χ0n) is 25.6. The third-order valence-electron chi connectivity index (χ3n) is 5.98. The fourth-order valence-corrected chi connectivity index (χ4v) is 4.26. The van der Waals surface area contributed by atoms with Crippen LogP contribution in [0.25, 0.3) is 0 Å². The van der Waals surface area contributed by atoms with E-state index in [0.29, 0.717) is 37.4 Å². The van der Waals surface area contributed by atoms with Gasteiger partial charge < -0.3 is 30.7 Å². The van der Waals surface area contributed by atoms with Crippen LogP contribution in [0, 0.1) is 0 Å². The van der Waals surface area contributed by atoms with Crippen molar-refractivity contribution >= 4 is 48.2 Å². The molecule has 1 aliphatic heterocycles. The maximum atomic E-state index is 13.1. The van der Waals surface area contributed by atoms with Crippen LogP contribution >= 0.6 is 24.4 Å². The first-order valence-corrected chi connectivity index (χ1v) is 15.6. The normalized spacial score (nSPS) is 17.9. The topological polar surface area (TPSA) is 168 Å². The van der Waals surface area contributed by atoms with Crippen LogP contribution in [-0.4, -0.2) is 113 Å². The Morgan fingerprint density at radius 3 is 1.96 bits per heavy atom. The average molecular weight is 764 g/mol. The lowest BCUT2D eigenvalue weighted by molar-refractivity contribution is -0.193. The lowest BCUT2D eigenvalue weighted by Gasteiger charge is -2.24. The number of rotatable bonds is 12. The predicted octanol–water partition coefficient (Wildman–Crippen LogP) is 4.02. The number of likely N-dealkylation sites (tertiary alicyclic amines) is 1. The molecule has 4 atom stereocenters. The van der Waals surface area contributed by atoms with E-state index in [1.54, 1.807) is 17.8 Å². The quantitative estimate of drug-likeness (QED) is 0.0903. The van der Waals surface area contributed by atoms with Crippen molar-refractivity contribution in [3.8, 4) is 5.75 Å². The summed E-state index contributed by atoms with van der Waals surface area (Å²) in [4.78, 5) is 45.0. The van der Waals surface area contributed by atoms with Gasteiger partial charge in [-0.15, -0.1) is 0 Å². The number of hydrogen-bond donors (Lipinski definition) is 5. The molecular formula is C27H34F9N3O8S2. The number of benzene rings is 1. The summed E-state index contributed by atoms with van der Waals surface area (Å²) in [6.45, 7) is 0.771. The minimum atomic E-state index is -5.08. The van der Waals surface area contributed by atoms with E-state index in [4.69, 9.17) is 35.0 Å². The van der Waals surface area contributed by atoms with Crippen molar-refractivity contribution in [2.24, 2.45) is 5.73 Å². The standard InChI is InChI=1S/C23H32F3N3O4S2.2C2HF3O2/c1-32-22(31)19(9-11-35-2)28-21(30)20-12-18(13-29(20)10-3-4-16(27)14-34)33-17-7-5-15(6-8-17)23(24,25)26;2*3-2(4,5)1(6)7/h3-8,16,18-20,34H,9-14,27H2,1-2H3,(H,28,30);2*(H,6,7)/b4-3+;;/t16-,18+,19+,20+;;/m1../s1. The molecule has 0 saturated carbocycles. The van der Waals surface area contributed by atoms with Gasteiger partial charge >= 0.3 is 36.4 Å². The molecule has 0 unspecified atom stereocenters. The summed E-state index contributed by atoms with van der Waals surface area (Å²) in [5, 5.41) is 17.0. The van der Waals surface area contributed by atoms with E-state index in [2.05, 4.69) is 17.9 Å². The van der Waals surface area contributed by atoms with Crippen molar-refractivity contribution < 1.29 is 78.4 Å². The molecule has 0 aromatic heterocycles. The van der Waals surface area contributed by atoms with E-state index in [9.17, 15) is 49.1 Å². The predicted molar refractivity (Wildman–Crippen MR) is 161 cm³/mol. The molecule has 0 spiro atoms. The zero-order chi connectivity index (χ0) is 38.2. The Hall–Kier alpha value is -3.37. The highest BCUT2D eigenvalue weighted by Crippen LogP contribution is 2.31. The summed E-state index contributed by atoms with van der Waals surface area (Å²) >= 11 is 5.70. The molecule has 11 nitrogen and oxygen atoms in total. The van der Waals surface area contributed by atoms with Crippen molar-refractivity contribution in [1.82, 2.24) is 10.2 Å². The summed E-state index contributed by atoms with van der Waals surface area (Å²) in [5.41, 5.74) is 5.10. The molecule has 1 amide bonds. The number of carboxylic acid groups (broad SMARTS) is 2. The van der Waals surface area contributed by atoms with Crippen molar-refractivity contribution in [2.45, 2.75) is 55.6 Å². The Kier molecular flexibility index (Phi) is 19.5. The molecule has 1 aromatic carbocycles. The highest BCUT2D eigenvalue weighted by Gasteiger charge is 2.40. The fourth-order valence-electron chi connectivity index (χ4n) is 3.66. The second-order valence-electron chi connectivity index (χ2n) is 9.71. The summed E-state index contributed by atoms with van der Waals surface area (Å²) in [5.74, 6) is -4.96. The van der Waals surface area contributed by atoms with Gasteiger partial charge in [-0.05, 0) is 42.7 Å². The number of carbonyl (C=O) groups excluding carboxylic acids is 2. The number of halogens is 9. The van der Waals surface area contributed by atoms with Crippen LogP contribution in [0.2, 0.25) is 0 Å². The Morgan fingerprint density at radius 1 is 1.04 bits per heavy atom. The number of thiol groups is 1. The number of nitrogens with zero attached hydrogens (tertiary/aromatic N) is 1. The first kappa shape index (κ1) is 45.6. The van der Waals surface area contributed by atoms with E-state index in [-0.39, 0.29) is 17.7 Å².